The van der Waals surface area contributed by atoms with E-state index in [1.54, 1.807) is 6.07 Å². The molecule has 1 atom stereocenters. The number of carbonyl (C=O) groups excluding carboxylic acids is 2. The smallest absolute Gasteiger partial charge is 0.304 e. The Hall–Kier alpha value is -3.75. The van der Waals surface area contributed by atoms with Gasteiger partial charge in [-0.05, 0) is 43.7 Å². The third-order valence-electron chi connectivity index (χ3n) is 4.72. The largest absolute Gasteiger partial charge is 0.494 e. The fraction of sp³-hybridized carbons (Fsp3) is 0.273. The molecule has 162 valence electrons. The first-order chi connectivity index (χ1) is 14.8. The molecule has 0 spiro atoms. The number of nitrogens with zero attached hydrogens (tertiary/aromatic N) is 3. The van der Waals surface area contributed by atoms with E-state index >= 15 is 0 Å². The number of aromatic hydroxyl groups is 2. The topological polar surface area (TPSA) is 113 Å². The lowest BCUT2D eigenvalue weighted by molar-refractivity contribution is -0.124. The molecule has 9 heteroatoms. The molecule has 0 aliphatic heterocycles. The molecule has 0 saturated carbocycles. The molecule has 1 heterocycles. The number of hydrogen-bond donors (Lipinski definition) is 2. The minimum Gasteiger partial charge on any atom is -0.494 e. The number of hydrogen-bond acceptors (Lipinski definition) is 5. The number of para-hydroxylation sites is 1. The van der Waals surface area contributed by atoms with Gasteiger partial charge in [0.2, 0.25) is 11.8 Å². The molecule has 0 fully saturated rings. The molecule has 0 unspecified atom stereocenters. The van der Waals surface area contributed by atoms with E-state index in [0.717, 1.165) is 12.8 Å². The van der Waals surface area contributed by atoms with Crippen LogP contribution in [0, 0.1) is 5.82 Å². The standard InChI is InChI=1S/C22H22FN3O5/c1-3-4-11-26-21(29)15-10-9-14(12-16(15)22(26)30)20(28)25-24-19(27)13(2)31-18-8-6-5-7-17(18)23/h5-10,12-13,29-30H,3-4,11H2,1-2H3/t13-/m0/s1. The molecule has 1 aromatic heterocycles. The van der Waals surface area contributed by atoms with Crippen LogP contribution in [0.25, 0.3) is 10.8 Å². The summed E-state index contributed by atoms with van der Waals surface area (Å²) in [5, 5.41) is 28.1. The summed E-state index contributed by atoms with van der Waals surface area (Å²) in [5.41, 5.74) is 0.0784. The summed E-state index contributed by atoms with van der Waals surface area (Å²) in [5.74, 6) is -2.65. The Kier molecular flexibility index (Phi) is 6.64. The Morgan fingerprint density at radius 1 is 1.10 bits per heavy atom. The first-order valence-electron chi connectivity index (χ1n) is 9.78. The lowest BCUT2D eigenvalue weighted by Gasteiger charge is -2.10. The van der Waals surface area contributed by atoms with Gasteiger partial charge in [-0.25, -0.2) is 4.39 Å². The molecule has 0 aliphatic carbocycles. The van der Waals surface area contributed by atoms with Crippen LogP contribution in [0.1, 0.15) is 37.0 Å². The van der Waals surface area contributed by atoms with Crippen molar-refractivity contribution in [3.8, 4) is 17.5 Å². The predicted molar refractivity (Wildman–Crippen MR) is 111 cm³/mol. The molecule has 2 amide bonds. The summed E-state index contributed by atoms with van der Waals surface area (Å²) < 4.78 is 20.2. The van der Waals surface area contributed by atoms with Crippen LogP contribution in [0.4, 0.5) is 4.39 Å². The quantitative estimate of drug-likeness (QED) is 0.536. The number of carbonyl (C=O) groups is 2. The molecule has 0 aliphatic rings. The lowest BCUT2D eigenvalue weighted by Crippen LogP contribution is -2.22. The van der Waals surface area contributed by atoms with Crippen molar-refractivity contribution in [2.45, 2.75) is 39.3 Å². The third-order valence-corrected chi connectivity index (χ3v) is 4.72. The number of aromatic nitrogens is 1. The number of azo groups is 1. The molecule has 0 bridgehead atoms. The van der Waals surface area contributed by atoms with Crippen LogP contribution in [0.5, 0.6) is 17.5 Å². The molecule has 31 heavy (non-hydrogen) atoms. The maximum atomic E-state index is 13.6. The van der Waals surface area contributed by atoms with Crippen LogP contribution < -0.4 is 4.74 Å². The van der Waals surface area contributed by atoms with Gasteiger partial charge in [-0.3, -0.25) is 14.2 Å². The second-order valence-corrected chi connectivity index (χ2v) is 6.95. The number of fused-ring (bicyclic) bond motifs is 1. The molecule has 2 aromatic carbocycles. The Balaban J connectivity index is 1.74. The van der Waals surface area contributed by atoms with E-state index in [4.69, 9.17) is 4.74 Å². The molecule has 8 nitrogen and oxygen atoms in total. The maximum absolute atomic E-state index is 13.6. The number of rotatable bonds is 7. The molecule has 2 N–H and O–H groups in total. The summed E-state index contributed by atoms with van der Waals surface area (Å²) in [4.78, 5) is 24.4. The highest BCUT2D eigenvalue weighted by Gasteiger charge is 2.19. The van der Waals surface area contributed by atoms with E-state index < -0.39 is 23.7 Å². The second-order valence-electron chi connectivity index (χ2n) is 6.95. The Bertz CT molecular complexity index is 1160. The molecule has 0 saturated heterocycles. The highest BCUT2D eigenvalue weighted by Crippen LogP contribution is 2.37. The molecular formula is C22H22FN3O5. The van der Waals surface area contributed by atoms with Crippen molar-refractivity contribution in [2.24, 2.45) is 10.2 Å². The minimum absolute atomic E-state index is 0.0784. The fourth-order valence-electron chi connectivity index (χ4n) is 2.99. The lowest BCUT2D eigenvalue weighted by atomic mass is 10.1. The zero-order valence-corrected chi connectivity index (χ0v) is 17.1. The van der Waals surface area contributed by atoms with Crippen molar-refractivity contribution in [1.29, 1.82) is 0 Å². The maximum Gasteiger partial charge on any atom is 0.304 e. The summed E-state index contributed by atoms with van der Waals surface area (Å²) in [6.07, 6.45) is 0.492. The van der Waals surface area contributed by atoms with E-state index in [1.165, 1.54) is 47.9 Å². The zero-order chi connectivity index (χ0) is 22.5. The van der Waals surface area contributed by atoms with E-state index in [0.29, 0.717) is 11.9 Å². The van der Waals surface area contributed by atoms with E-state index in [9.17, 15) is 24.2 Å². The first kappa shape index (κ1) is 21.9. The summed E-state index contributed by atoms with van der Waals surface area (Å²) in [6.45, 7) is 3.78. The van der Waals surface area contributed by atoms with Gasteiger partial charge in [0, 0.05) is 22.9 Å². The van der Waals surface area contributed by atoms with Gasteiger partial charge in [0.1, 0.15) is 0 Å². The van der Waals surface area contributed by atoms with Gasteiger partial charge in [-0.1, -0.05) is 25.5 Å². The van der Waals surface area contributed by atoms with Crippen LogP contribution in [0.2, 0.25) is 0 Å². The highest BCUT2D eigenvalue weighted by atomic mass is 19.1. The second kappa shape index (κ2) is 9.38. The summed E-state index contributed by atoms with van der Waals surface area (Å²) >= 11 is 0. The predicted octanol–water partition coefficient (Wildman–Crippen LogP) is 4.58. The van der Waals surface area contributed by atoms with Gasteiger partial charge < -0.3 is 14.9 Å². The van der Waals surface area contributed by atoms with Gasteiger partial charge >= 0.3 is 5.91 Å². The van der Waals surface area contributed by atoms with E-state index in [-0.39, 0.29) is 28.5 Å². The molecular weight excluding hydrogens is 405 g/mol. The van der Waals surface area contributed by atoms with Gasteiger partial charge in [0.25, 0.3) is 5.91 Å². The van der Waals surface area contributed by atoms with E-state index in [1.807, 2.05) is 6.92 Å². The fourth-order valence-corrected chi connectivity index (χ4v) is 2.99. The van der Waals surface area contributed by atoms with Gasteiger partial charge in [-0.15, -0.1) is 10.2 Å². The Morgan fingerprint density at radius 2 is 1.81 bits per heavy atom. The monoisotopic (exact) mass is 427 g/mol. The molecule has 3 rings (SSSR count). The van der Waals surface area contributed by atoms with Crippen molar-refractivity contribution in [3.63, 3.8) is 0 Å². The van der Waals surface area contributed by atoms with Gasteiger partial charge in [-0.2, -0.15) is 0 Å². The van der Waals surface area contributed by atoms with Gasteiger partial charge in [0.05, 0.1) is 0 Å². The van der Waals surface area contributed by atoms with Crippen molar-refractivity contribution in [2.75, 3.05) is 0 Å². The van der Waals surface area contributed by atoms with Crippen LogP contribution in [0.3, 0.4) is 0 Å². The Morgan fingerprint density at radius 3 is 2.52 bits per heavy atom. The zero-order valence-electron chi connectivity index (χ0n) is 17.1. The van der Waals surface area contributed by atoms with Gasteiger partial charge in [0.15, 0.2) is 17.7 Å². The molecule has 0 radical (unpaired) electrons. The van der Waals surface area contributed by atoms with Crippen LogP contribution in [-0.2, 0) is 11.3 Å². The van der Waals surface area contributed by atoms with Crippen molar-refractivity contribution in [3.05, 3.63) is 53.8 Å². The van der Waals surface area contributed by atoms with Crippen molar-refractivity contribution in [1.82, 2.24) is 4.57 Å². The average Bonchev–Trinajstić information content (AvgIpc) is 3.01. The SMILES string of the molecule is CCCCn1c(O)c2ccc(C(=O)N=NC(=O)[C@H](C)Oc3ccccc3F)cc2c1O. The average molecular weight is 427 g/mol. The van der Waals surface area contributed by atoms with Crippen LogP contribution >= 0.6 is 0 Å². The summed E-state index contributed by atoms with van der Waals surface area (Å²) in [7, 11) is 0. The number of amides is 2. The number of halogens is 1. The summed E-state index contributed by atoms with van der Waals surface area (Å²) in [6, 6.07) is 9.87. The molecule has 3 aromatic rings. The number of benzene rings is 2. The first-order valence-corrected chi connectivity index (χ1v) is 9.78. The number of ether oxygens (including phenoxy) is 1. The van der Waals surface area contributed by atoms with E-state index in [2.05, 4.69) is 10.2 Å². The third kappa shape index (κ3) is 4.71. The Labute approximate surface area is 177 Å². The van der Waals surface area contributed by atoms with Crippen molar-refractivity contribution >= 4 is 22.6 Å². The van der Waals surface area contributed by atoms with Crippen molar-refractivity contribution < 1.29 is 28.9 Å². The number of unbranched alkanes of at least 4 members (excludes halogenated alkanes) is 1. The van der Waals surface area contributed by atoms with Crippen LogP contribution in [-0.4, -0.2) is 32.7 Å². The minimum atomic E-state index is -1.15. The highest BCUT2D eigenvalue weighted by molar-refractivity contribution is 6.02. The normalized spacial score (nSPS) is 12.4. The van der Waals surface area contributed by atoms with Crippen LogP contribution in [0.15, 0.2) is 52.7 Å².